The van der Waals surface area contributed by atoms with Crippen molar-refractivity contribution < 1.29 is 23.8 Å². The van der Waals surface area contributed by atoms with E-state index < -0.39 is 18.4 Å². The highest BCUT2D eigenvalue weighted by atomic mass is 16.8. The van der Waals surface area contributed by atoms with Crippen molar-refractivity contribution in [2.24, 2.45) is 0 Å². The maximum absolute atomic E-state index is 10.4. The maximum atomic E-state index is 10.4. The van der Waals surface area contributed by atoms with Crippen LogP contribution in [-0.2, 0) is 19.0 Å². The molecule has 0 aromatic carbocycles. The minimum atomic E-state index is -0.903. The van der Waals surface area contributed by atoms with E-state index >= 15 is 0 Å². The minimum Gasteiger partial charge on any atom is -0.438 e. The van der Waals surface area contributed by atoms with Gasteiger partial charge in [0, 0.05) is 13.8 Å². The highest BCUT2D eigenvalue weighted by Gasteiger charge is 2.10. The standard InChI is InChI=1S/C6H10O5/c1-4(7)10-5(2)11-6(8)9-3/h5H,1-3H3/t5-/m1/s1. The Hall–Kier alpha value is -1.26. The summed E-state index contributed by atoms with van der Waals surface area (Å²) < 4.78 is 13.0. The van der Waals surface area contributed by atoms with Crippen molar-refractivity contribution in [2.75, 3.05) is 7.11 Å². The van der Waals surface area contributed by atoms with E-state index in [4.69, 9.17) is 0 Å². The Balaban J connectivity index is 3.60. The number of hydrogen-bond donors (Lipinski definition) is 0. The van der Waals surface area contributed by atoms with Crippen LogP contribution in [-0.4, -0.2) is 25.5 Å². The number of rotatable bonds is 2. The summed E-state index contributed by atoms with van der Waals surface area (Å²) in [6.45, 7) is 2.63. The number of ether oxygens (including phenoxy) is 3. The van der Waals surface area contributed by atoms with E-state index in [-0.39, 0.29) is 0 Å². The van der Waals surface area contributed by atoms with Crippen LogP contribution >= 0.6 is 0 Å². The van der Waals surface area contributed by atoms with Gasteiger partial charge in [-0.05, 0) is 0 Å². The van der Waals surface area contributed by atoms with Crippen molar-refractivity contribution in [3.8, 4) is 0 Å². The average Bonchev–Trinajstić information content (AvgIpc) is 1.85. The van der Waals surface area contributed by atoms with Crippen LogP contribution in [0.1, 0.15) is 13.8 Å². The lowest BCUT2D eigenvalue weighted by molar-refractivity contribution is -0.164. The molecule has 0 aromatic heterocycles. The van der Waals surface area contributed by atoms with Crippen LogP contribution in [0.25, 0.3) is 0 Å². The quantitative estimate of drug-likeness (QED) is 0.441. The van der Waals surface area contributed by atoms with Crippen molar-refractivity contribution in [3.05, 3.63) is 0 Å². The van der Waals surface area contributed by atoms with Crippen LogP contribution in [0.5, 0.6) is 0 Å². The first-order chi connectivity index (χ1) is 5.06. The smallest absolute Gasteiger partial charge is 0.438 e. The number of esters is 1. The molecule has 64 valence electrons. The van der Waals surface area contributed by atoms with Crippen molar-refractivity contribution in [3.63, 3.8) is 0 Å². The third-order valence-corrected chi connectivity index (χ3v) is 0.761. The van der Waals surface area contributed by atoms with Gasteiger partial charge in [0.25, 0.3) is 0 Å². The molecule has 11 heavy (non-hydrogen) atoms. The lowest BCUT2D eigenvalue weighted by Gasteiger charge is -2.10. The molecule has 0 N–H and O–H groups in total. The molecule has 0 aliphatic rings. The first kappa shape index (κ1) is 9.74. The van der Waals surface area contributed by atoms with Gasteiger partial charge >= 0.3 is 12.1 Å². The van der Waals surface area contributed by atoms with Crippen molar-refractivity contribution in [1.82, 2.24) is 0 Å². The van der Waals surface area contributed by atoms with Crippen LogP contribution in [0, 0.1) is 0 Å². The molecule has 5 nitrogen and oxygen atoms in total. The molecule has 0 rings (SSSR count). The van der Waals surface area contributed by atoms with Crippen molar-refractivity contribution in [2.45, 2.75) is 20.1 Å². The Morgan fingerprint density at radius 2 is 1.82 bits per heavy atom. The molecule has 0 amide bonds. The van der Waals surface area contributed by atoms with Crippen LogP contribution in [0.3, 0.4) is 0 Å². The molecule has 0 spiro atoms. The largest absolute Gasteiger partial charge is 0.511 e. The summed E-state index contributed by atoms with van der Waals surface area (Å²) in [5, 5.41) is 0. The Labute approximate surface area is 64.2 Å². The monoisotopic (exact) mass is 162 g/mol. The third-order valence-electron chi connectivity index (χ3n) is 0.761. The summed E-state index contributed by atoms with van der Waals surface area (Å²) in [7, 11) is 1.17. The van der Waals surface area contributed by atoms with E-state index in [0.717, 1.165) is 0 Å². The number of carbonyl (C=O) groups is 2. The Morgan fingerprint density at radius 3 is 2.18 bits per heavy atom. The molecular formula is C6H10O5. The molecule has 0 heterocycles. The van der Waals surface area contributed by atoms with Gasteiger partial charge in [-0.1, -0.05) is 0 Å². The van der Waals surface area contributed by atoms with Crippen LogP contribution in [0.4, 0.5) is 4.79 Å². The molecule has 0 aliphatic carbocycles. The SMILES string of the molecule is COC(=O)O[C@H](C)OC(C)=O. The lowest BCUT2D eigenvalue weighted by Crippen LogP contribution is -2.20. The van der Waals surface area contributed by atoms with E-state index in [1.807, 2.05) is 0 Å². The van der Waals surface area contributed by atoms with E-state index in [1.54, 1.807) is 0 Å². The van der Waals surface area contributed by atoms with Gasteiger partial charge < -0.3 is 14.2 Å². The third kappa shape index (κ3) is 5.20. The molecule has 1 atom stereocenters. The summed E-state index contributed by atoms with van der Waals surface area (Å²) in [5.74, 6) is -0.513. The summed E-state index contributed by atoms with van der Waals surface area (Å²) in [5.41, 5.74) is 0. The molecule has 0 saturated carbocycles. The fourth-order valence-electron chi connectivity index (χ4n) is 0.441. The first-order valence-corrected chi connectivity index (χ1v) is 2.98. The predicted octanol–water partition coefficient (Wildman–Crippen LogP) is 0.678. The van der Waals surface area contributed by atoms with Gasteiger partial charge in [-0.15, -0.1) is 0 Å². The fraction of sp³-hybridized carbons (Fsp3) is 0.667. The van der Waals surface area contributed by atoms with Crippen LogP contribution in [0.2, 0.25) is 0 Å². The molecule has 0 unspecified atom stereocenters. The van der Waals surface area contributed by atoms with Crippen molar-refractivity contribution >= 4 is 12.1 Å². The van der Waals surface area contributed by atoms with E-state index in [0.29, 0.717) is 0 Å². The summed E-state index contributed by atoms with van der Waals surface area (Å²) in [4.78, 5) is 20.6. The van der Waals surface area contributed by atoms with Gasteiger partial charge in [0.15, 0.2) is 0 Å². The second-order valence-electron chi connectivity index (χ2n) is 1.75. The lowest BCUT2D eigenvalue weighted by atomic mass is 10.7. The van der Waals surface area contributed by atoms with E-state index in [2.05, 4.69) is 14.2 Å². The van der Waals surface area contributed by atoms with Crippen LogP contribution in [0.15, 0.2) is 0 Å². The fourth-order valence-corrected chi connectivity index (χ4v) is 0.441. The zero-order valence-electron chi connectivity index (χ0n) is 6.62. The van der Waals surface area contributed by atoms with E-state index in [9.17, 15) is 9.59 Å². The molecule has 0 saturated heterocycles. The highest BCUT2D eigenvalue weighted by molar-refractivity contribution is 5.66. The van der Waals surface area contributed by atoms with Gasteiger partial charge in [-0.3, -0.25) is 4.79 Å². The molecule has 0 bridgehead atoms. The molecule has 0 aliphatic heterocycles. The average molecular weight is 162 g/mol. The summed E-state index contributed by atoms with van der Waals surface area (Å²) in [6, 6.07) is 0. The molecule has 0 fully saturated rings. The Morgan fingerprint density at radius 1 is 1.27 bits per heavy atom. The first-order valence-electron chi connectivity index (χ1n) is 2.98. The molecule has 0 radical (unpaired) electrons. The van der Waals surface area contributed by atoms with Gasteiger partial charge in [-0.25, -0.2) is 4.79 Å². The Bertz CT molecular complexity index is 153. The summed E-state index contributed by atoms with van der Waals surface area (Å²) >= 11 is 0. The predicted molar refractivity (Wildman–Crippen MR) is 34.7 cm³/mol. The molecule has 0 aromatic rings. The molecule has 5 heteroatoms. The number of methoxy groups -OCH3 is 1. The van der Waals surface area contributed by atoms with Crippen LogP contribution < -0.4 is 0 Å². The second-order valence-corrected chi connectivity index (χ2v) is 1.75. The highest BCUT2D eigenvalue weighted by Crippen LogP contribution is 1.95. The normalized spacial score (nSPS) is 11.5. The van der Waals surface area contributed by atoms with Gasteiger partial charge in [-0.2, -0.15) is 0 Å². The number of hydrogen-bond acceptors (Lipinski definition) is 5. The van der Waals surface area contributed by atoms with Gasteiger partial charge in [0.1, 0.15) is 0 Å². The zero-order chi connectivity index (χ0) is 8.85. The Kier molecular flexibility index (Phi) is 4.02. The zero-order valence-corrected chi connectivity index (χ0v) is 6.62. The molecular weight excluding hydrogens is 152 g/mol. The topological polar surface area (TPSA) is 61.8 Å². The van der Waals surface area contributed by atoms with Gasteiger partial charge in [0.2, 0.25) is 6.29 Å². The number of carbonyl (C=O) groups excluding carboxylic acids is 2. The minimum absolute atomic E-state index is 0.513. The second kappa shape index (κ2) is 4.54. The summed E-state index contributed by atoms with van der Waals surface area (Å²) in [6.07, 6.45) is -1.78. The van der Waals surface area contributed by atoms with Crippen molar-refractivity contribution in [1.29, 1.82) is 0 Å². The van der Waals surface area contributed by atoms with E-state index in [1.165, 1.54) is 21.0 Å². The maximum Gasteiger partial charge on any atom is 0.511 e. The van der Waals surface area contributed by atoms with Gasteiger partial charge in [0.05, 0.1) is 7.11 Å².